The van der Waals surface area contributed by atoms with Crippen LogP contribution in [0.1, 0.15) is 6.42 Å². The van der Waals surface area contributed by atoms with Gasteiger partial charge in [-0.1, -0.05) is 11.6 Å². The van der Waals surface area contributed by atoms with Gasteiger partial charge in [-0.2, -0.15) is 0 Å². The lowest BCUT2D eigenvalue weighted by atomic mass is 10.2. The van der Waals surface area contributed by atoms with Crippen LogP contribution in [0.5, 0.6) is 0 Å². The lowest BCUT2D eigenvalue weighted by molar-refractivity contribution is -0.140. The Hall–Kier alpha value is -0.590. The van der Waals surface area contributed by atoms with Crippen LogP contribution in [0.4, 0.5) is 0 Å². The van der Waals surface area contributed by atoms with E-state index >= 15 is 0 Å². The Morgan fingerprint density at radius 2 is 2.14 bits per heavy atom. The van der Waals surface area contributed by atoms with Crippen LogP contribution >= 0.6 is 11.6 Å². The molecule has 0 aromatic heterocycles. The quantitative estimate of drug-likeness (QED) is 0.701. The number of carbonyl (C=O) groups excluding carboxylic acids is 1. The molecule has 0 saturated heterocycles. The van der Waals surface area contributed by atoms with E-state index in [4.69, 9.17) is 17.3 Å². The van der Waals surface area contributed by atoms with Gasteiger partial charge in [0.25, 0.3) is 0 Å². The number of hydrogen-bond donors (Lipinski definition) is 1. The SMILES string of the molecule is COC(=O)C[C@H](N)C=C(Cl)S(C)(=O)=O. The molecule has 7 heteroatoms. The number of methoxy groups -OCH3 is 1. The Morgan fingerprint density at radius 3 is 2.50 bits per heavy atom. The summed E-state index contributed by atoms with van der Waals surface area (Å²) in [5.74, 6) is -0.522. The Labute approximate surface area is 87.8 Å². The van der Waals surface area contributed by atoms with Crippen molar-refractivity contribution in [3.05, 3.63) is 10.4 Å². The summed E-state index contributed by atoms with van der Waals surface area (Å²) in [7, 11) is -2.23. The van der Waals surface area contributed by atoms with Crippen molar-refractivity contribution in [3.8, 4) is 0 Å². The number of rotatable bonds is 4. The topological polar surface area (TPSA) is 86.5 Å². The number of hydrogen-bond acceptors (Lipinski definition) is 5. The maximum Gasteiger partial charge on any atom is 0.307 e. The lowest BCUT2D eigenvalue weighted by Crippen LogP contribution is -2.22. The highest BCUT2D eigenvalue weighted by molar-refractivity contribution is 7.96. The van der Waals surface area contributed by atoms with Crippen molar-refractivity contribution in [2.45, 2.75) is 12.5 Å². The van der Waals surface area contributed by atoms with Crippen LogP contribution in [-0.2, 0) is 19.4 Å². The third-order valence-corrected chi connectivity index (χ3v) is 3.14. The first kappa shape index (κ1) is 13.4. The van der Waals surface area contributed by atoms with E-state index in [1.807, 2.05) is 0 Å². The fourth-order valence-corrected chi connectivity index (χ4v) is 1.21. The van der Waals surface area contributed by atoms with Crippen LogP contribution < -0.4 is 5.73 Å². The Balaban J connectivity index is 4.45. The molecule has 0 aliphatic rings. The molecule has 0 fully saturated rings. The minimum Gasteiger partial charge on any atom is -0.469 e. The van der Waals surface area contributed by atoms with Crippen molar-refractivity contribution in [2.24, 2.45) is 5.73 Å². The van der Waals surface area contributed by atoms with E-state index in [1.54, 1.807) is 0 Å². The van der Waals surface area contributed by atoms with E-state index in [-0.39, 0.29) is 10.8 Å². The summed E-state index contributed by atoms with van der Waals surface area (Å²) in [5.41, 5.74) is 5.42. The fraction of sp³-hybridized carbons (Fsp3) is 0.571. The van der Waals surface area contributed by atoms with Crippen molar-refractivity contribution in [3.63, 3.8) is 0 Å². The summed E-state index contributed by atoms with van der Waals surface area (Å²) in [6.07, 6.45) is 1.95. The highest BCUT2D eigenvalue weighted by atomic mass is 35.5. The minimum absolute atomic E-state index is 0.109. The van der Waals surface area contributed by atoms with E-state index in [0.717, 1.165) is 12.3 Å². The van der Waals surface area contributed by atoms with E-state index in [2.05, 4.69) is 4.74 Å². The van der Waals surface area contributed by atoms with Crippen LogP contribution in [0.25, 0.3) is 0 Å². The predicted octanol–water partition coefficient (Wildman–Crippen LogP) is 0.00160. The molecular weight excluding hydrogens is 230 g/mol. The summed E-state index contributed by atoms with van der Waals surface area (Å²) in [6.45, 7) is 0. The van der Waals surface area contributed by atoms with Crippen LogP contribution in [0, 0.1) is 0 Å². The number of halogens is 1. The summed E-state index contributed by atoms with van der Waals surface area (Å²) in [6, 6.07) is -0.760. The van der Waals surface area contributed by atoms with Gasteiger partial charge in [-0.05, 0) is 6.08 Å². The van der Waals surface area contributed by atoms with E-state index in [1.165, 1.54) is 7.11 Å². The lowest BCUT2D eigenvalue weighted by Gasteiger charge is -2.05. The molecule has 0 rings (SSSR count). The van der Waals surface area contributed by atoms with Gasteiger partial charge in [0.2, 0.25) is 0 Å². The summed E-state index contributed by atoms with van der Waals surface area (Å²) >= 11 is 5.42. The Kier molecular flexibility index (Phi) is 5.11. The molecule has 0 unspecified atom stereocenters. The average molecular weight is 242 g/mol. The molecule has 0 saturated carbocycles. The first-order valence-corrected chi connectivity index (χ1v) is 5.94. The molecule has 0 aliphatic heterocycles. The molecule has 0 amide bonds. The second-order valence-electron chi connectivity index (χ2n) is 2.69. The number of esters is 1. The highest BCUT2D eigenvalue weighted by Gasteiger charge is 2.12. The molecule has 5 nitrogen and oxygen atoms in total. The number of nitrogens with two attached hydrogens (primary N) is 1. The number of ether oxygens (including phenoxy) is 1. The molecule has 2 N–H and O–H groups in total. The summed E-state index contributed by atoms with van der Waals surface area (Å²) < 4.78 is 25.7. The first-order valence-electron chi connectivity index (χ1n) is 3.67. The van der Waals surface area contributed by atoms with Gasteiger partial charge in [0.15, 0.2) is 9.84 Å². The molecule has 0 bridgehead atoms. The molecule has 0 radical (unpaired) electrons. The van der Waals surface area contributed by atoms with Crippen molar-refractivity contribution < 1.29 is 17.9 Å². The molecule has 0 aromatic rings. The van der Waals surface area contributed by atoms with Gasteiger partial charge in [-0.25, -0.2) is 8.42 Å². The second kappa shape index (κ2) is 5.33. The molecule has 0 heterocycles. The maximum absolute atomic E-state index is 10.9. The highest BCUT2D eigenvalue weighted by Crippen LogP contribution is 2.11. The van der Waals surface area contributed by atoms with Crippen LogP contribution in [0.15, 0.2) is 10.4 Å². The molecule has 0 spiro atoms. The van der Waals surface area contributed by atoms with Crippen molar-refractivity contribution in [1.29, 1.82) is 0 Å². The van der Waals surface area contributed by atoms with Gasteiger partial charge >= 0.3 is 5.97 Å². The van der Waals surface area contributed by atoms with Crippen LogP contribution in [-0.4, -0.2) is 33.8 Å². The third kappa shape index (κ3) is 5.21. The molecule has 14 heavy (non-hydrogen) atoms. The Bertz CT molecular complexity index is 336. The zero-order valence-corrected chi connectivity index (χ0v) is 9.43. The predicted molar refractivity (Wildman–Crippen MR) is 53.4 cm³/mol. The number of carbonyl (C=O) groups is 1. The molecule has 82 valence electrons. The molecule has 0 aliphatic carbocycles. The fourth-order valence-electron chi connectivity index (χ4n) is 0.627. The maximum atomic E-state index is 10.9. The zero-order chi connectivity index (χ0) is 11.4. The monoisotopic (exact) mass is 241 g/mol. The molecule has 0 aromatic carbocycles. The largest absolute Gasteiger partial charge is 0.469 e. The van der Waals surface area contributed by atoms with Gasteiger partial charge in [0, 0.05) is 12.3 Å². The number of sulfone groups is 1. The van der Waals surface area contributed by atoms with E-state index in [9.17, 15) is 13.2 Å². The first-order chi connectivity index (χ1) is 6.27. The van der Waals surface area contributed by atoms with Crippen LogP contribution in [0.3, 0.4) is 0 Å². The molecular formula is C7H12ClNO4S. The van der Waals surface area contributed by atoms with Gasteiger partial charge in [0.1, 0.15) is 4.36 Å². The minimum atomic E-state index is -3.45. The van der Waals surface area contributed by atoms with Gasteiger partial charge in [-0.15, -0.1) is 0 Å². The smallest absolute Gasteiger partial charge is 0.307 e. The van der Waals surface area contributed by atoms with Crippen molar-refractivity contribution in [2.75, 3.05) is 13.4 Å². The summed E-state index contributed by atoms with van der Waals surface area (Å²) in [5, 5.41) is 0. The Morgan fingerprint density at radius 1 is 1.64 bits per heavy atom. The van der Waals surface area contributed by atoms with Crippen LogP contribution in [0.2, 0.25) is 0 Å². The van der Waals surface area contributed by atoms with E-state index < -0.39 is 21.8 Å². The average Bonchev–Trinajstić information content (AvgIpc) is 2.02. The standard InChI is InChI=1S/C7H12ClNO4S/c1-13-7(10)4-5(9)3-6(8)14(2,11)12/h3,5H,4,9H2,1-2H3/t5-/m1/s1. The van der Waals surface area contributed by atoms with Crippen molar-refractivity contribution >= 4 is 27.4 Å². The zero-order valence-electron chi connectivity index (χ0n) is 7.86. The van der Waals surface area contributed by atoms with E-state index in [0.29, 0.717) is 0 Å². The van der Waals surface area contributed by atoms with Gasteiger partial charge in [0.05, 0.1) is 13.5 Å². The second-order valence-corrected chi connectivity index (χ2v) is 5.30. The normalized spacial score (nSPS) is 15.0. The summed E-state index contributed by atoms with van der Waals surface area (Å²) in [4.78, 5) is 10.7. The third-order valence-electron chi connectivity index (χ3n) is 1.33. The molecule has 1 atom stereocenters. The van der Waals surface area contributed by atoms with Crippen molar-refractivity contribution in [1.82, 2.24) is 0 Å². The van der Waals surface area contributed by atoms with Gasteiger partial charge in [-0.3, -0.25) is 4.79 Å². The van der Waals surface area contributed by atoms with Gasteiger partial charge < -0.3 is 10.5 Å².